The van der Waals surface area contributed by atoms with Crippen LogP contribution >= 0.6 is 11.3 Å². The zero-order chi connectivity index (χ0) is 22.4. The van der Waals surface area contributed by atoms with Crippen molar-refractivity contribution in [3.63, 3.8) is 0 Å². The topological polar surface area (TPSA) is 106 Å². The van der Waals surface area contributed by atoms with Gasteiger partial charge in [0.2, 0.25) is 15.9 Å². The third kappa shape index (κ3) is 5.75. The van der Waals surface area contributed by atoms with Crippen molar-refractivity contribution in [2.75, 3.05) is 4.90 Å². The van der Waals surface area contributed by atoms with Gasteiger partial charge in [-0.2, -0.15) is 4.72 Å². The molecular formula is C21H21N3O5S2. The number of thiazole rings is 1. The summed E-state index contributed by atoms with van der Waals surface area (Å²) in [6.07, 6.45) is 0. The predicted octanol–water partition coefficient (Wildman–Crippen LogP) is 3.24. The SMILES string of the molecule is CC(=O)N(c1ccccc1)c1nc(COC(=O)[C@H](C)NS(=O)(=O)c2ccccc2)cs1. The molecule has 0 saturated carbocycles. The third-order valence-corrected chi connectivity index (χ3v) is 6.59. The summed E-state index contributed by atoms with van der Waals surface area (Å²) < 4.78 is 32.2. The van der Waals surface area contributed by atoms with Crippen LogP contribution in [-0.4, -0.2) is 31.3 Å². The number of sulfonamides is 1. The highest BCUT2D eigenvalue weighted by Crippen LogP contribution is 2.28. The van der Waals surface area contributed by atoms with Crippen LogP contribution in [0.3, 0.4) is 0 Å². The van der Waals surface area contributed by atoms with Gasteiger partial charge >= 0.3 is 5.97 Å². The fraction of sp³-hybridized carbons (Fsp3) is 0.190. The van der Waals surface area contributed by atoms with Gasteiger partial charge < -0.3 is 4.74 Å². The predicted molar refractivity (Wildman–Crippen MR) is 117 cm³/mol. The van der Waals surface area contributed by atoms with Crippen molar-refractivity contribution >= 4 is 44.1 Å². The van der Waals surface area contributed by atoms with Gasteiger partial charge in [-0.25, -0.2) is 13.4 Å². The molecule has 0 aliphatic rings. The Morgan fingerprint density at radius 1 is 1.10 bits per heavy atom. The Morgan fingerprint density at radius 3 is 2.32 bits per heavy atom. The molecule has 1 atom stereocenters. The lowest BCUT2D eigenvalue weighted by molar-refractivity contribution is -0.146. The Hall–Kier alpha value is -3.08. The first-order chi connectivity index (χ1) is 14.8. The van der Waals surface area contributed by atoms with Gasteiger partial charge in [0, 0.05) is 12.3 Å². The molecule has 0 fully saturated rings. The number of hydrogen-bond acceptors (Lipinski definition) is 7. The monoisotopic (exact) mass is 459 g/mol. The first-order valence-electron chi connectivity index (χ1n) is 9.32. The van der Waals surface area contributed by atoms with Crippen molar-refractivity contribution in [2.45, 2.75) is 31.4 Å². The van der Waals surface area contributed by atoms with E-state index in [0.717, 1.165) is 0 Å². The van der Waals surface area contributed by atoms with Crippen LogP contribution in [-0.2, 0) is 31.0 Å². The smallest absolute Gasteiger partial charge is 0.324 e. The highest BCUT2D eigenvalue weighted by molar-refractivity contribution is 7.89. The molecule has 1 aromatic heterocycles. The van der Waals surface area contributed by atoms with Crippen LogP contribution in [0.25, 0.3) is 0 Å². The summed E-state index contributed by atoms with van der Waals surface area (Å²) in [5.41, 5.74) is 1.13. The Labute approximate surface area is 184 Å². The number of carbonyl (C=O) groups is 2. The van der Waals surface area contributed by atoms with Gasteiger partial charge in [-0.15, -0.1) is 11.3 Å². The van der Waals surface area contributed by atoms with E-state index in [-0.39, 0.29) is 17.4 Å². The van der Waals surface area contributed by atoms with Gasteiger partial charge in [0.05, 0.1) is 16.3 Å². The van der Waals surface area contributed by atoms with E-state index in [0.29, 0.717) is 16.5 Å². The Morgan fingerprint density at radius 2 is 1.71 bits per heavy atom. The average molecular weight is 460 g/mol. The second-order valence-electron chi connectivity index (χ2n) is 6.58. The van der Waals surface area contributed by atoms with E-state index in [9.17, 15) is 18.0 Å². The molecular weight excluding hydrogens is 438 g/mol. The zero-order valence-corrected chi connectivity index (χ0v) is 18.5. The van der Waals surface area contributed by atoms with Crippen LogP contribution in [0.4, 0.5) is 10.8 Å². The van der Waals surface area contributed by atoms with Crippen molar-refractivity contribution in [3.05, 3.63) is 71.7 Å². The van der Waals surface area contributed by atoms with Crippen molar-refractivity contribution < 1.29 is 22.7 Å². The van der Waals surface area contributed by atoms with Crippen LogP contribution in [0, 0.1) is 0 Å². The number of aromatic nitrogens is 1. The molecule has 1 N–H and O–H groups in total. The molecule has 0 unspecified atom stereocenters. The third-order valence-electron chi connectivity index (χ3n) is 4.16. The fourth-order valence-corrected chi connectivity index (χ4v) is 4.77. The van der Waals surface area contributed by atoms with Crippen molar-refractivity contribution in [3.8, 4) is 0 Å². The van der Waals surface area contributed by atoms with Gasteiger partial charge in [-0.05, 0) is 31.2 Å². The molecule has 0 saturated heterocycles. The summed E-state index contributed by atoms with van der Waals surface area (Å²) >= 11 is 1.24. The number of amides is 1. The lowest BCUT2D eigenvalue weighted by Gasteiger charge is -2.17. The Kier molecular flexibility index (Phi) is 7.16. The van der Waals surface area contributed by atoms with Crippen molar-refractivity contribution in [2.24, 2.45) is 0 Å². The van der Waals surface area contributed by atoms with Crippen molar-refractivity contribution in [1.29, 1.82) is 0 Å². The number of rotatable bonds is 8. The second-order valence-corrected chi connectivity index (χ2v) is 9.13. The van der Waals surface area contributed by atoms with E-state index in [4.69, 9.17) is 4.74 Å². The van der Waals surface area contributed by atoms with E-state index >= 15 is 0 Å². The van der Waals surface area contributed by atoms with Gasteiger partial charge in [0.25, 0.3) is 0 Å². The summed E-state index contributed by atoms with van der Waals surface area (Å²) in [6, 6.07) is 15.8. The molecule has 10 heteroatoms. The standard InChI is InChI=1S/C21H21N3O5S2/c1-15(23-31(27,28)19-11-7-4-8-12-19)20(26)29-13-17-14-30-21(22-17)24(16(2)25)18-9-5-3-6-10-18/h3-12,14-15,23H,13H2,1-2H3/t15-/m0/s1. The van der Waals surface area contributed by atoms with Gasteiger partial charge in [0.15, 0.2) is 5.13 Å². The summed E-state index contributed by atoms with van der Waals surface area (Å²) in [7, 11) is -3.84. The molecule has 3 aromatic rings. The molecule has 0 aliphatic carbocycles. The number of nitrogens with zero attached hydrogens (tertiary/aromatic N) is 2. The average Bonchev–Trinajstić information content (AvgIpc) is 3.21. The van der Waals surface area contributed by atoms with Gasteiger partial charge in [0.1, 0.15) is 12.6 Å². The number of esters is 1. The maximum atomic E-state index is 12.3. The summed E-state index contributed by atoms with van der Waals surface area (Å²) in [5.74, 6) is -0.937. The highest BCUT2D eigenvalue weighted by Gasteiger charge is 2.23. The molecule has 2 aromatic carbocycles. The van der Waals surface area contributed by atoms with Crippen LogP contribution in [0.1, 0.15) is 19.5 Å². The maximum absolute atomic E-state index is 12.3. The number of nitrogens with one attached hydrogen (secondary N) is 1. The summed E-state index contributed by atoms with van der Waals surface area (Å²) in [5, 5.41) is 2.13. The van der Waals surface area contributed by atoms with Gasteiger partial charge in [-0.3, -0.25) is 14.5 Å². The second kappa shape index (κ2) is 9.82. The molecule has 0 bridgehead atoms. The summed E-state index contributed by atoms with van der Waals surface area (Å²) in [6.45, 7) is 2.70. The lowest BCUT2D eigenvalue weighted by Crippen LogP contribution is -2.39. The first kappa shape index (κ1) is 22.6. The van der Waals surface area contributed by atoms with E-state index in [2.05, 4.69) is 9.71 Å². The number of para-hydroxylation sites is 1. The molecule has 0 spiro atoms. The molecule has 162 valence electrons. The molecule has 8 nitrogen and oxygen atoms in total. The summed E-state index contributed by atoms with van der Waals surface area (Å²) in [4.78, 5) is 30.3. The normalized spacial score (nSPS) is 12.2. The zero-order valence-electron chi connectivity index (χ0n) is 16.9. The Bertz CT molecular complexity index is 1150. The minimum Gasteiger partial charge on any atom is -0.458 e. The van der Waals surface area contributed by atoms with Crippen LogP contribution in [0.15, 0.2) is 70.9 Å². The van der Waals surface area contributed by atoms with E-state index in [1.54, 1.807) is 35.7 Å². The lowest BCUT2D eigenvalue weighted by atomic mass is 10.3. The Balaban J connectivity index is 1.62. The molecule has 0 radical (unpaired) electrons. The molecule has 3 rings (SSSR count). The fourth-order valence-electron chi connectivity index (χ4n) is 2.69. The molecule has 1 amide bonds. The number of hydrogen-bond donors (Lipinski definition) is 1. The quantitative estimate of drug-likeness (QED) is 0.519. The minimum atomic E-state index is -3.84. The highest BCUT2D eigenvalue weighted by atomic mass is 32.2. The molecule has 1 heterocycles. The minimum absolute atomic E-state index is 0.0593. The van der Waals surface area contributed by atoms with Crippen LogP contribution in [0.5, 0.6) is 0 Å². The maximum Gasteiger partial charge on any atom is 0.324 e. The van der Waals surface area contributed by atoms with E-state index in [1.807, 2.05) is 18.2 Å². The van der Waals surface area contributed by atoms with Crippen LogP contribution in [0.2, 0.25) is 0 Å². The largest absolute Gasteiger partial charge is 0.458 e. The first-order valence-corrected chi connectivity index (χ1v) is 11.7. The molecule has 31 heavy (non-hydrogen) atoms. The molecule has 0 aliphatic heterocycles. The van der Waals surface area contributed by atoms with Crippen LogP contribution < -0.4 is 9.62 Å². The van der Waals surface area contributed by atoms with Gasteiger partial charge in [-0.1, -0.05) is 36.4 Å². The van der Waals surface area contributed by atoms with E-state index in [1.165, 1.54) is 42.2 Å². The number of ether oxygens (including phenoxy) is 1. The van der Waals surface area contributed by atoms with E-state index < -0.39 is 22.0 Å². The number of carbonyl (C=O) groups excluding carboxylic acids is 2. The number of benzene rings is 2. The van der Waals surface area contributed by atoms with Crippen molar-refractivity contribution in [1.82, 2.24) is 9.71 Å². The number of anilines is 2.